The van der Waals surface area contributed by atoms with Crippen LogP contribution in [0.4, 0.5) is 0 Å². The summed E-state index contributed by atoms with van der Waals surface area (Å²) in [6, 6.07) is 79.8. The summed E-state index contributed by atoms with van der Waals surface area (Å²) in [4.78, 5) is 23.9. The van der Waals surface area contributed by atoms with E-state index in [0.717, 1.165) is 55.3 Å². The molecule has 8 heteroatoms. The summed E-state index contributed by atoms with van der Waals surface area (Å²) in [6.45, 7) is 96.9. The lowest BCUT2D eigenvalue weighted by molar-refractivity contribution is -0.131. The van der Waals surface area contributed by atoms with E-state index >= 15 is 0 Å². The number of carbonyl (C=O) groups is 2. The summed E-state index contributed by atoms with van der Waals surface area (Å²) in [5.41, 5.74) is 7.83. The number of aryl methyl sites for hydroxylation is 1. The molecule has 762 valence electrons. The lowest BCUT2D eigenvalue weighted by Gasteiger charge is -2.28. The Balaban J connectivity index is -0.000000214. The van der Waals surface area contributed by atoms with E-state index in [2.05, 4.69) is 228 Å². The smallest absolute Gasteiger partial charge is 0.183 e. The van der Waals surface area contributed by atoms with Crippen LogP contribution in [-0.2, 0) is 44.2 Å². The van der Waals surface area contributed by atoms with Gasteiger partial charge in [0.2, 0.25) is 0 Å². The van der Waals surface area contributed by atoms with Gasteiger partial charge in [0, 0.05) is 22.3 Å². The van der Waals surface area contributed by atoms with Crippen molar-refractivity contribution in [1.29, 1.82) is 0 Å². The minimum atomic E-state index is -3.18. The number of hydrogen-bond acceptors (Lipinski definition) is 7. The van der Waals surface area contributed by atoms with Gasteiger partial charge in [-0.05, 0) is 199 Å². The first kappa shape index (κ1) is 141. The zero-order chi connectivity index (χ0) is 105. The van der Waals surface area contributed by atoms with Gasteiger partial charge in [-0.15, -0.1) is 0 Å². The molecule has 0 N–H and O–H groups in total. The maximum atomic E-state index is 11.9. The van der Waals surface area contributed by atoms with Crippen LogP contribution in [-0.4, -0.2) is 42.5 Å². The number of Topliss-reactive ketones (excluding diaryl/α,β-unsaturated/α-hetero) is 2. The summed E-state index contributed by atoms with van der Waals surface area (Å²) >= 11 is 0. The predicted molar refractivity (Wildman–Crippen MR) is 599 cm³/mol. The molecule has 0 heterocycles. The molecule has 0 unspecified atom stereocenters. The molecule has 2 saturated carbocycles. The van der Waals surface area contributed by atoms with Gasteiger partial charge in [0.25, 0.3) is 0 Å². The number of para-hydroxylation sites is 2. The van der Waals surface area contributed by atoms with Crippen molar-refractivity contribution in [2.24, 2.45) is 44.3 Å². The van der Waals surface area contributed by atoms with Crippen LogP contribution in [0.25, 0.3) is 0 Å². The van der Waals surface area contributed by atoms with E-state index in [9.17, 15) is 18.0 Å². The third-order valence-corrected chi connectivity index (χ3v) is 21.2. The maximum absolute atomic E-state index is 11.9. The second-order valence-electron chi connectivity index (χ2n) is 42.4. The average Bonchev–Trinajstić information content (AvgIpc) is 0.798. The van der Waals surface area contributed by atoms with E-state index < -0.39 is 14.6 Å². The van der Waals surface area contributed by atoms with Gasteiger partial charge in [-0.1, -0.05) is 514 Å². The Morgan fingerprint density at radius 3 is 0.955 bits per heavy atom. The molecule has 2 fully saturated rings. The number of ether oxygens (including phenoxy) is 3. The molecule has 10 rings (SSSR count). The molecule has 2 aliphatic carbocycles. The second kappa shape index (κ2) is 79.6. The van der Waals surface area contributed by atoms with Crippen molar-refractivity contribution in [2.75, 3.05) is 6.61 Å². The Kier molecular flexibility index (Phi) is 84.4. The van der Waals surface area contributed by atoms with E-state index in [1.165, 1.54) is 92.9 Å². The largest absolute Gasteiger partial charge is 0.494 e. The zero-order valence-corrected chi connectivity index (χ0v) is 96.4. The lowest BCUT2D eigenvalue weighted by atomic mass is 9.76. The molecule has 0 atom stereocenters. The Labute approximate surface area is 828 Å². The normalized spacial score (nSPS) is 12.3. The van der Waals surface area contributed by atoms with Gasteiger partial charge in [0.1, 0.15) is 22.9 Å². The van der Waals surface area contributed by atoms with E-state index in [0.29, 0.717) is 50.3 Å². The highest BCUT2D eigenvalue weighted by atomic mass is 32.2. The minimum Gasteiger partial charge on any atom is -0.494 e. The predicted octanol–water partition coefficient (Wildman–Crippen LogP) is 39.9. The molecule has 0 saturated heterocycles. The highest BCUT2D eigenvalue weighted by molar-refractivity contribution is 7.92. The standard InChI is InChI=1S/C12H18O.C12H18.C11H16O.C11H20O.C11H14O.C11H22.C11H16.C10H14O2S.C10H14O.C10H14.8C2H6/c1-12(2,3)9-10-13-11-7-5-4-6-8-11;1-12(2,3)10-9-11-7-5-4-6-8-11;1-11(2,3)12-9-10-7-5-4-6-8-10;2*1-11(2,3)10(12)9-7-5-4-6-8-9;2*1-11(2,3)9-10-7-5-4-6-8-10;1-10(2,3)13(11,12)9-7-5-4-6-8-9;1-10(2,3)11-9-7-5-4-6-8-9;1-10(2,3)9-7-5-4-6-8-9;8*1-2/h4-8H,9-10H2,1-3H3;4-8H,9-10H2,1-3H3;4-8H,9H2,1-3H3;9H,4-8H2,1-3H3;4-8H,1-3H3;10H,4-9H2,1-3H3;4-8H,9H2,1-3H3;4-8H,1-3H3;4-8H,1-3H3;4-8H,1-3H3;8*1-2H3. The van der Waals surface area contributed by atoms with Gasteiger partial charge in [-0.3, -0.25) is 9.59 Å². The van der Waals surface area contributed by atoms with Crippen LogP contribution in [0.5, 0.6) is 11.5 Å². The molecule has 7 nitrogen and oxygen atoms in total. The molecule has 0 amide bonds. The molecule has 2 aliphatic rings. The monoisotopic (exact) mass is 1860 g/mol. The molecule has 0 radical (unpaired) electrons. The van der Waals surface area contributed by atoms with E-state index in [1.54, 1.807) is 45.0 Å². The Morgan fingerprint density at radius 2 is 0.647 bits per heavy atom. The van der Waals surface area contributed by atoms with E-state index in [-0.39, 0.29) is 27.8 Å². The highest BCUT2D eigenvalue weighted by Crippen LogP contribution is 2.35. The van der Waals surface area contributed by atoms with Crippen LogP contribution >= 0.6 is 0 Å². The van der Waals surface area contributed by atoms with Crippen molar-refractivity contribution in [1.82, 2.24) is 0 Å². The Bertz CT molecular complexity index is 3800. The first-order chi connectivity index (χ1) is 62.0. The van der Waals surface area contributed by atoms with Gasteiger partial charge in [-0.2, -0.15) is 0 Å². The lowest BCUT2D eigenvalue weighted by Crippen LogP contribution is -2.29. The van der Waals surface area contributed by atoms with Gasteiger partial charge in [-0.25, -0.2) is 8.42 Å². The van der Waals surface area contributed by atoms with Gasteiger partial charge < -0.3 is 14.2 Å². The molecule has 0 aliphatic heterocycles. The number of ketones is 2. The van der Waals surface area contributed by atoms with E-state index in [4.69, 9.17) is 14.2 Å². The van der Waals surface area contributed by atoms with Gasteiger partial charge >= 0.3 is 0 Å². The second-order valence-corrected chi connectivity index (χ2v) is 45.1. The Morgan fingerprint density at radius 1 is 0.323 bits per heavy atom. The molecular formula is C125H214O7S. The third kappa shape index (κ3) is 86.0. The average molecular weight is 1860 g/mol. The van der Waals surface area contributed by atoms with Crippen LogP contribution in [0.3, 0.4) is 0 Å². The molecule has 0 aromatic heterocycles. The highest BCUT2D eigenvalue weighted by Gasteiger charge is 2.32. The Hall–Kier alpha value is -7.39. The third-order valence-electron chi connectivity index (χ3n) is 18.7. The van der Waals surface area contributed by atoms with Crippen molar-refractivity contribution >= 4 is 21.4 Å². The summed E-state index contributed by atoms with van der Waals surface area (Å²) < 4.78 is 39.8. The number of benzene rings is 8. The first-order valence-corrected chi connectivity index (χ1v) is 53.1. The van der Waals surface area contributed by atoms with Gasteiger partial charge in [0.15, 0.2) is 15.6 Å². The fourth-order valence-electron chi connectivity index (χ4n) is 12.2. The maximum Gasteiger partial charge on any atom is 0.183 e. The summed E-state index contributed by atoms with van der Waals surface area (Å²) in [6.07, 6.45) is 19.7. The quantitative estimate of drug-likeness (QED) is 0.106. The molecule has 8 aromatic rings. The van der Waals surface area contributed by atoms with Crippen molar-refractivity contribution < 1.29 is 32.2 Å². The van der Waals surface area contributed by atoms with Crippen molar-refractivity contribution in [3.8, 4) is 11.5 Å². The minimum absolute atomic E-state index is 0.0458. The van der Waals surface area contributed by atoms with Crippen molar-refractivity contribution in [2.45, 2.75) is 448 Å². The van der Waals surface area contributed by atoms with Crippen LogP contribution in [0.15, 0.2) is 248 Å². The van der Waals surface area contributed by atoms with Crippen LogP contribution < -0.4 is 9.47 Å². The summed E-state index contributed by atoms with van der Waals surface area (Å²) in [7, 11) is -3.18. The number of hydrogen-bond donors (Lipinski definition) is 0. The SMILES string of the molecule is CC.CC.CC.CC.CC.CC.CC.CC.CC(C)(C)C(=O)C1CCCCC1.CC(C)(C)C(=O)c1ccccc1.CC(C)(C)CC1CCCCC1.CC(C)(C)CCOc1ccccc1.CC(C)(C)CCc1ccccc1.CC(C)(C)Cc1ccccc1.CC(C)(C)OCc1ccccc1.CC(C)(C)Oc1ccccc1.CC(C)(C)S(=O)(=O)c1ccccc1.CC(C)(C)c1ccccc1. The number of sulfone groups is 1. The molecule has 0 bridgehead atoms. The molecule has 8 aromatic carbocycles. The van der Waals surface area contributed by atoms with Crippen LogP contribution in [0, 0.1) is 44.3 Å². The molecular weight excluding hydrogens is 1650 g/mol. The van der Waals surface area contributed by atoms with Crippen LogP contribution in [0.2, 0.25) is 0 Å². The number of rotatable bonds is 13. The van der Waals surface area contributed by atoms with Crippen LogP contribution in [0.1, 0.15) is 435 Å². The molecule has 133 heavy (non-hydrogen) atoms. The molecule has 0 spiro atoms. The first-order valence-electron chi connectivity index (χ1n) is 51.6. The van der Waals surface area contributed by atoms with E-state index in [1.807, 2.05) is 288 Å². The fourth-order valence-corrected chi connectivity index (χ4v) is 13.5. The van der Waals surface area contributed by atoms with Crippen molar-refractivity contribution in [3.63, 3.8) is 0 Å². The summed E-state index contributed by atoms with van der Waals surface area (Å²) in [5, 5.41) is 0. The van der Waals surface area contributed by atoms with Crippen molar-refractivity contribution in [3.05, 3.63) is 270 Å². The number of carbonyl (C=O) groups excluding carboxylic acids is 2. The fraction of sp³-hybridized carbons (Fsp3) is 0.600. The van der Waals surface area contributed by atoms with Gasteiger partial charge in [0.05, 0.1) is 28.5 Å². The zero-order valence-electron chi connectivity index (χ0n) is 95.5. The topological polar surface area (TPSA) is 96.0 Å². The summed E-state index contributed by atoms with van der Waals surface area (Å²) in [5.74, 6) is 3.99.